The zero-order valence-electron chi connectivity index (χ0n) is 11.0. The molecule has 0 unspecified atom stereocenters. The second-order valence-electron chi connectivity index (χ2n) is 5.06. The lowest BCUT2D eigenvalue weighted by Crippen LogP contribution is -2.26. The van der Waals surface area contributed by atoms with Gasteiger partial charge in [0.15, 0.2) is 0 Å². The van der Waals surface area contributed by atoms with Gasteiger partial charge in [-0.05, 0) is 44.5 Å². The second kappa shape index (κ2) is 9.35. The largest absolute Gasteiger partial charge is 0.301 e. The van der Waals surface area contributed by atoms with Crippen molar-refractivity contribution in [2.45, 2.75) is 70.8 Å². The number of unbranched alkanes of at least 4 members (excludes halogenated alkanes) is 6. The molecule has 0 radical (unpaired) electrons. The minimum atomic E-state index is 0.959. The lowest BCUT2D eigenvalue weighted by Gasteiger charge is -2.19. The molecule has 96 valence electrons. The van der Waals surface area contributed by atoms with Crippen LogP contribution in [0.3, 0.4) is 0 Å². The number of hydrogen-bond acceptors (Lipinski definition) is 2. The van der Waals surface area contributed by atoms with Crippen LogP contribution < -0.4 is 0 Å². The molecule has 0 amide bonds. The molecule has 0 saturated heterocycles. The van der Waals surface area contributed by atoms with Crippen molar-refractivity contribution in [1.29, 1.82) is 0 Å². The Kier molecular flexibility index (Phi) is 8.40. The van der Waals surface area contributed by atoms with Crippen LogP contribution in [0.1, 0.15) is 64.7 Å². The van der Waals surface area contributed by atoms with Crippen LogP contribution in [-0.4, -0.2) is 29.8 Å². The van der Waals surface area contributed by atoms with Crippen LogP contribution in [0, 0.1) is 0 Å². The Morgan fingerprint density at radius 1 is 0.938 bits per heavy atom. The molecule has 1 fully saturated rings. The molecule has 2 heteroatoms. The predicted octanol–water partition coefficient (Wildman–Crippen LogP) is 4.13. The van der Waals surface area contributed by atoms with Crippen LogP contribution in [0.4, 0.5) is 0 Å². The summed E-state index contributed by atoms with van der Waals surface area (Å²) in [6.45, 7) is 4.90. The maximum atomic E-state index is 4.23. The molecule has 0 spiro atoms. The van der Waals surface area contributed by atoms with Crippen molar-refractivity contribution in [3.63, 3.8) is 0 Å². The van der Waals surface area contributed by atoms with Crippen LogP contribution >= 0.6 is 12.6 Å². The van der Waals surface area contributed by atoms with Gasteiger partial charge in [0.2, 0.25) is 0 Å². The van der Waals surface area contributed by atoms with E-state index in [1.165, 1.54) is 70.9 Å². The average molecular weight is 243 g/mol. The van der Waals surface area contributed by atoms with Crippen LogP contribution in [0.5, 0.6) is 0 Å². The second-order valence-corrected chi connectivity index (χ2v) is 5.51. The van der Waals surface area contributed by atoms with E-state index in [1.54, 1.807) is 0 Å². The summed E-state index contributed by atoms with van der Waals surface area (Å²) in [5, 5.41) is 0. The molecule has 0 aromatic rings. The fourth-order valence-electron chi connectivity index (χ4n) is 2.35. The van der Waals surface area contributed by atoms with Gasteiger partial charge in [-0.1, -0.05) is 39.0 Å². The third-order valence-electron chi connectivity index (χ3n) is 3.57. The maximum absolute atomic E-state index is 4.23. The molecule has 0 atom stereocenters. The topological polar surface area (TPSA) is 3.24 Å². The first-order chi connectivity index (χ1) is 7.88. The summed E-state index contributed by atoms with van der Waals surface area (Å²) in [4.78, 5) is 2.67. The Morgan fingerprint density at radius 3 is 2.00 bits per heavy atom. The van der Waals surface area contributed by atoms with E-state index >= 15 is 0 Å². The molecule has 0 aromatic heterocycles. The highest BCUT2D eigenvalue weighted by molar-refractivity contribution is 7.80. The number of rotatable bonds is 11. The number of hydrogen-bond donors (Lipinski definition) is 1. The van der Waals surface area contributed by atoms with Crippen LogP contribution in [0.15, 0.2) is 0 Å². The smallest absolute Gasteiger partial charge is 0.00963 e. The van der Waals surface area contributed by atoms with Gasteiger partial charge in [-0.2, -0.15) is 12.6 Å². The van der Waals surface area contributed by atoms with E-state index in [4.69, 9.17) is 0 Å². The Morgan fingerprint density at radius 2 is 1.50 bits per heavy atom. The van der Waals surface area contributed by atoms with Gasteiger partial charge in [-0.3, -0.25) is 0 Å². The van der Waals surface area contributed by atoms with Crippen molar-refractivity contribution >= 4 is 12.6 Å². The minimum absolute atomic E-state index is 0.959. The monoisotopic (exact) mass is 243 g/mol. The van der Waals surface area contributed by atoms with Crippen molar-refractivity contribution in [1.82, 2.24) is 4.90 Å². The molecule has 1 saturated carbocycles. The zero-order chi connectivity index (χ0) is 11.6. The van der Waals surface area contributed by atoms with E-state index in [0.29, 0.717) is 0 Å². The van der Waals surface area contributed by atoms with E-state index in [1.807, 2.05) is 0 Å². The Balaban J connectivity index is 1.80. The highest BCUT2D eigenvalue weighted by Gasteiger charge is 2.26. The van der Waals surface area contributed by atoms with Crippen LogP contribution in [0.2, 0.25) is 0 Å². The molecule has 0 aliphatic heterocycles. The summed E-state index contributed by atoms with van der Waals surface area (Å²) in [6.07, 6.45) is 12.7. The number of thiol groups is 1. The molecule has 1 aliphatic carbocycles. The van der Waals surface area contributed by atoms with Gasteiger partial charge in [-0.25, -0.2) is 0 Å². The summed E-state index contributed by atoms with van der Waals surface area (Å²) in [5.41, 5.74) is 0. The normalized spacial score (nSPS) is 15.9. The first-order valence-corrected chi connectivity index (χ1v) is 7.86. The van der Waals surface area contributed by atoms with Gasteiger partial charge in [-0.15, -0.1) is 0 Å². The van der Waals surface area contributed by atoms with Gasteiger partial charge in [0.05, 0.1) is 0 Å². The summed E-state index contributed by atoms with van der Waals surface area (Å²) in [7, 11) is 0. The zero-order valence-corrected chi connectivity index (χ0v) is 11.9. The van der Waals surface area contributed by atoms with Crippen molar-refractivity contribution in [3.05, 3.63) is 0 Å². The molecule has 1 aliphatic rings. The molecule has 16 heavy (non-hydrogen) atoms. The summed E-state index contributed by atoms with van der Waals surface area (Å²) in [5.74, 6) is 1.06. The Labute approximate surface area is 107 Å². The number of nitrogens with zero attached hydrogens (tertiary/aromatic N) is 1. The average Bonchev–Trinajstić information content (AvgIpc) is 3.11. The summed E-state index contributed by atoms with van der Waals surface area (Å²) >= 11 is 4.23. The maximum Gasteiger partial charge on any atom is 0.00963 e. The van der Waals surface area contributed by atoms with Crippen LogP contribution in [0.25, 0.3) is 0 Å². The molecule has 0 bridgehead atoms. The standard InChI is InChI=1S/C14H29NS/c1-2-15(14-10-11-14)12-8-6-4-3-5-7-9-13-16/h14,16H,2-13H2,1H3. The van der Waals surface area contributed by atoms with Gasteiger partial charge < -0.3 is 4.90 Å². The molecule has 0 aromatic carbocycles. The fraction of sp³-hybridized carbons (Fsp3) is 1.00. The molecule has 1 rings (SSSR count). The van der Waals surface area contributed by atoms with Crippen molar-refractivity contribution in [2.75, 3.05) is 18.8 Å². The predicted molar refractivity (Wildman–Crippen MR) is 76.4 cm³/mol. The lowest BCUT2D eigenvalue weighted by molar-refractivity contribution is 0.270. The van der Waals surface area contributed by atoms with Gasteiger partial charge in [0.25, 0.3) is 0 Å². The highest BCUT2D eigenvalue weighted by atomic mass is 32.1. The van der Waals surface area contributed by atoms with E-state index in [0.717, 1.165) is 11.8 Å². The first kappa shape index (κ1) is 14.4. The van der Waals surface area contributed by atoms with E-state index < -0.39 is 0 Å². The summed E-state index contributed by atoms with van der Waals surface area (Å²) < 4.78 is 0. The molecule has 1 nitrogen and oxygen atoms in total. The fourth-order valence-corrected chi connectivity index (χ4v) is 2.57. The van der Waals surface area contributed by atoms with Crippen molar-refractivity contribution in [2.24, 2.45) is 0 Å². The third-order valence-corrected chi connectivity index (χ3v) is 3.89. The highest BCUT2D eigenvalue weighted by Crippen LogP contribution is 2.26. The molecular formula is C14H29NS. The van der Waals surface area contributed by atoms with E-state index in [-0.39, 0.29) is 0 Å². The molecule has 0 N–H and O–H groups in total. The van der Waals surface area contributed by atoms with Crippen LogP contribution in [-0.2, 0) is 0 Å². The third kappa shape index (κ3) is 6.80. The summed E-state index contributed by atoms with van der Waals surface area (Å²) in [6, 6.07) is 0.959. The van der Waals surface area contributed by atoms with Gasteiger partial charge in [0.1, 0.15) is 0 Å². The Bertz CT molecular complexity index is 157. The SMILES string of the molecule is CCN(CCCCCCCCCS)C1CC1. The first-order valence-electron chi connectivity index (χ1n) is 7.23. The van der Waals surface area contributed by atoms with E-state index in [9.17, 15) is 0 Å². The van der Waals surface area contributed by atoms with E-state index in [2.05, 4.69) is 24.5 Å². The van der Waals surface area contributed by atoms with Crippen molar-refractivity contribution < 1.29 is 0 Å². The quantitative estimate of drug-likeness (QED) is 0.422. The minimum Gasteiger partial charge on any atom is -0.301 e. The molecular weight excluding hydrogens is 214 g/mol. The van der Waals surface area contributed by atoms with Gasteiger partial charge in [0, 0.05) is 6.04 Å². The molecule has 0 heterocycles. The van der Waals surface area contributed by atoms with Gasteiger partial charge >= 0.3 is 0 Å². The lowest BCUT2D eigenvalue weighted by atomic mass is 10.1. The van der Waals surface area contributed by atoms with Crippen molar-refractivity contribution in [3.8, 4) is 0 Å². The Hall–Kier alpha value is 0.310.